The SMILES string of the molecule is Nc1nc2nc[nH]c2c(OCC2COc3ccccc3O2)[nH+]1. The van der Waals surface area contributed by atoms with Crippen LogP contribution in [0.1, 0.15) is 0 Å². The van der Waals surface area contributed by atoms with Crippen LogP contribution in [-0.4, -0.2) is 34.3 Å². The Hall–Kier alpha value is -3.03. The second kappa shape index (κ2) is 5.06. The van der Waals surface area contributed by atoms with Crippen molar-refractivity contribution in [2.24, 2.45) is 0 Å². The Balaban J connectivity index is 1.50. The average molecular weight is 300 g/mol. The largest absolute Gasteiger partial charge is 0.486 e. The molecule has 3 heterocycles. The molecule has 1 unspecified atom stereocenters. The van der Waals surface area contributed by atoms with E-state index in [9.17, 15) is 0 Å². The lowest BCUT2D eigenvalue weighted by Crippen LogP contribution is -2.35. The van der Waals surface area contributed by atoms with Gasteiger partial charge >= 0.3 is 5.95 Å². The van der Waals surface area contributed by atoms with Gasteiger partial charge in [0, 0.05) is 0 Å². The van der Waals surface area contributed by atoms with Crippen LogP contribution in [0.25, 0.3) is 11.2 Å². The van der Waals surface area contributed by atoms with E-state index in [4.69, 9.17) is 19.9 Å². The van der Waals surface area contributed by atoms with Crippen LogP contribution in [0.15, 0.2) is 30.6 Å². The lowest BCUT2D eigenvalue weighted by atomic mass is 10.3. The number of rotatable bonds is 3. The minimum absolute atomic E-state index is 0.212. The maximum absolute atomic E-state index is 5.84. The maximum atomic E-state index is 5.84. The third kappa shape index (κ3) is 2.24. The molecule has 1 atom stereocenters. The second-order valence-electron chi connectivity index (χ2n) is 4.86. The van der Waals surface area contributed by atoms with Crippen LogP contribution in [0.5, 0.6) is 17.4 Å². The quantitative estimate of drug-likeness (QED) is 0.732. The molecule has 1 aliphatic rings. The number of hydrogen-bond acceptors (Lipinski definition) is 6. The molecular formula is C14H14N5O3+. The molecule has 0 radical (unpaired) electrons. The van der Waals surface area contributed by atoms with Crippen LogP contribution in [0.2, 0.25) is 0 Å². The normalized spacial score (nSPS) is 16.6. The minimum atomic E-state index is -0.212. The number of nitrogens with two attached hydrogens (primary N) is 1. The molecule has 0 aliphatic carbocycles. The summed E-state index contributed by atoms with van der Waals surface area (Å²) < 4.78 is 17.3. The summed E-state index contributed by atoms with van der Waals surface area (Å²) in [5, 5.41) is 0. The van der Waals surface area contributed by atoms with Gasteiger partial charge in [0.15, 0.2) is 23.1 Å². The van der Waals surface area contributed by atoms with Crippen LogP contribution in [0.4, 0.5) is 5.95 Å². The molecule has 2 aromatic heterocycles. The van der Waals surface area contributed by atoms with Crippen molar-refractivity contribution in [2.75, 3.05) is 18.9 Å². The molecule has 0 amide bonds. The van der Waals surface area contributed by atoms with Gasteiger partial charge in [-0.05, 0) is 17.1 Å². The second-order valence-corrected chi connectivity index (χ2v) is 4.86. The van der Waals surface area contributed by atoms with Gasteiger partial charge in [-0.15, -0.1) is 0 Å². The van der Waals surface area contributed by atoms with E-state index in [0.717, 1.165) is 5.75 Å². The standard InChI is InChI=1S/C14H13N5O3/c15-14-18-12-11(16-7-17-12)13(19-14)21-6-8-5-20-9-3-1-2-4-10(9)22-8/h1-4,7-8H,5-6H2,(H3,15,16,17,18,19)/p+1. The van der Waals surface area contributed by atoms with Crippen LogP contribution in [0.3, 0.4) is 0 Å². The van der Waals surface area contributed by atoms with Gasteiger partial charge in [0.25, 0.3) is 11.5 Å². The third-order valence-corrected chi connectivity index (χ3v) is 3.30. The fourth-order valence-corrected chi connectivity index (χ4v) is 2.29. The molecule has 0 saturated heterocycles. The zero-order valence-electron chi connectivity index (χ0n) is 11.6. The summed E-state index contributed by atoms with van der Waals surface area (Å²) in [6.07, 6.45) is 1.32. The molecule has 0 fully saturated rings. The molecule has 4 rings (SSSR count). The van der Waals surface area contributed by atoms with Gasteiger partial charge < -0.3 is 19.2 Å². The average Bonchev–Trinajstić information content (AvgIpc) is 3.00. The van der Waals surface area contributed by atoms with Crippen molar-refractivity contribution in [1.82, 2.24) is 15.0 Å². The predicted molar refractivity (Wildman–Crippen MR) is 76.7 cm³/mol. The molecule has 1 aromatic carbocycles. The summed E-state index contributed by atoms with van der Waals surface area (Å²) >= 11 is 0. The highest BCUT2D eigenvalue weighted by atomic mass is 16.6. The first-order valence-electron chi connectivity index (χ1n) is 6.83. The van der Waals surface area contributed by atoms with Crippen LogP contribution in [-0.2, 0) is 0 Å². The van der Waals surface area contributed by atoms with Crippen LogP contribution in [0, 0.1) is 0 Å². The van der Waals surface area contributed by atoms with E-state index in [2.05, 4.69) is 19.9 Å². The summed E-state index contributed by atoms with van der Waals surface area (Å²) in [4.78, 5) is 14.0. The Morgan fingerprint density at radius 1 is 1.36 bits per heavy atom. The zero-order valence-corrected chi connectivity index (χ0v) is 11.6. The smallest absolute Gasteiger partial charge is 0.392 e. The Kier molecular flexibility index (Phi) is 2.92. The molecule has 8 heteroatoms. The van der Waals surface area contributed by atoms with Crippen molar-refractivity contribution >= 4 is 17.1 Å². The van der Waals surface area contributed by atoms with Gasteiger partial charge in [-0.1, -0.05) is 12.1 Å². The van der Waals surface area contributed by atoms with E-state index in [1.54, 1.807) is 0 Å². The highest BCUT2D eigenvalue weighted by Crippen LogP contribution is 2.31. The number of nitrogens with zero attached hydrogens (tertiary/aromatic N) is 2. The molecular weight excluding hydrogens is 286 g/mol. The first kappa shape index (κ1) is 12.7. The minimum Gasteiger partial charge on any atom is -0.486 e. The molecule has 3 aromatic rings. The fourth-order valence-electron chi connectivity index (χ4n) is 2.29. The van der Waals surface area contributed by atoms with Gasteiger partial charge in [-0.3, -0.25) is 5.73 Å². The summed E-state index contributed by atoms with van der Waals surface area (Å²) in [7, 11) is 0. The Bertz CT molecular complexity index is 819. The summed E-state index contributed by atoms with van der Waals surface area (Å²) in [6.45, 7) is 0.728. The number of imidazole rings is 1. The van der Waals surface area contributed by atoms with Crippen LogP contribution < -0.4 is 24.9 Å². The number of fused-ring (bicyclic) bond motifs is 2. The van der Waals surface area contributed by atoms with E-state index in [-0.39, 0.29) is 12.1 Å². The van der Waals surface area contributed by atoms with Crippen molar-refractivity contribution < 1.29 is 19.2 Å². The number of para-hydroxylation sites is 2. The van der Waals surface area contributed by atoms with Gasteiger partial charge in [0.1, 0.15) is 13.2 Å². The number of aromatic nitrogens is 4. The lowest BCUT2D eigenvalue weighted by Gasteiger charge is -2.26. The van der Waals surface area contributed by atoms with Crippen molar-refractivity contribution in [3.63, 3.8) is 0 Å². The Labute approximate surface area is 125 Å². The van der Waals surface area contributed by atoms with Crippen molar-refractivity contribution in [2.45, 2.75) is 6.10 Å². The van der Waals surface area contributed by atoms with Gasteiger partial charge in [0.2, 0.25) is 0 Å². The number of H-pyrrole nitrogens is 2. The lowest BCUT2D eigenvalue weighted by molar-refractivity contribution is -0.380. The van der Waals surface area contributed by atoms with Crippen molar-refractivity contribution in [3.05, 3.63) is 30.6 Å². The van der Waals surface area contributed by atoms with E-state index in [0.29, 0.717) is 36.0 Å². The monoisotopic (exact) mass is 300 g/mol. The van der Waals surface area contributed by atoms with Crippen molar-refractivity contribution in [1.29, 1.82) is 0 Å². The van der Waals surface area contributed by atoms with E-state index >= 15 is 0 Å². The first-order chi connectivity index (χ1) is 10.8. The number of aromatic amines is 2. The van der Waals surface area contributed by atoms with E-state index < -0.39 is 0 Å². The first-order valence-corrected chi connectivity index (χ1v) is 6.83. The van der Waals surface area contributed by atoms with Crippen molar-refractivity contribution in [3.8, 4) is 17.4 Å². The summed E-state index contributed by atoms with van der Waals surface area (Å²) in [5.41, 5.74) is 6.86. The number of benzene rings is 1. The maximum Gasteiger partial charge on any atom is 0.392 e. The Morgan fingerprint density at radius 2 is 2.23 bits per heavy atom. The van der Waals surface area contributed by atoms with Gasteiger partial charge in [0.05, 0.1) is 6.33 Å². The molecule has 1 aliphatic heterocycles. The van der Waals surface area contributed by atoms with Gasteiger partial charge in [-0.2, -0.15) is 0 Å². The number of ether oxygens (including phenoxy) is 3. The zero-order chi connectivity index (χ0) is 14.9. The van der Waals surface area contributed by atoms with E-state index in [1.807, 2.05) is 24.3 Å². The predicted octanol–water partition coefficient (Wildman–Crippen LogP) is 0.573. The Morgan fingerprint density at radius 3 is 3.14 bits per heavy atom. The molecule has 0 saturated carbocycles. The molecule has 8 nitrogen and oxygen atoms in total. The number of nitrogens with one attached hydrogen (secondary N) is 2. The number of nitrogen functional groups attached to an aromatic ring is 1. The van der Waals surface area contributed by atoms with Gasteiger partial charge in [-0.25, -0.2) is 9.97 Å². The van der Waals surface area contributed by atoms with E-state index in [1.165, 1.54) is 6.33 Å². The molecule has 0 spiro atoms. The highest BCUT2D eigenvalue weighted by molar-refractivity contribution is 5.74. The molecule has 112 valence electrons. The topological polar surface area (TPSA) is 109 Å². The number of anilines is 1. The molecule has 0 bridgehead atoms. The van der Waals surface area contributed by atoms with Crippen LogP contribution >= 0.6 is 0 Å². The highest BCUT2D eigenvalue weighted by Gasteiger charge is 2.23. The fraction of sp³-hybridized carbons (Fsp3) is 0.214. The number of hydrogen-bond donors (Lipinski definition) is 2. The molecule has 22 heavy (non-hydrogen) atoms. The third-order valence-electron chi connectivity index (χ3n) is 3.30. The summed E-state index contributed by atoms with van der Waals surface area (Å²) in [6, 6.07) is 7.54. The molecule has 4 N–H and O–H groups in total. The summed E-state index contributed by atoms with van der Waals surface area (Å²) in [5.74, 6) is 2.17.